The maximum atomic E-state index is 12.4. The molecule has 0 unspecified atom stereocenters. The van der Waals surface area contributed by atoms with Gasteiger partial charge in [-0.3, -0.25) is 0 Å². The van der Waals surface area contributed by atoms with E-state index in [1.165, 1.54) is 11.8 Å². The smallest absolute Gasteiger partial charge is 0.344 e. The summed E-state index contributed by atoms with van der Waals surface area (Å²) in [6.45, 7) is 1.93. The van der Waals surface area contributed by atoms with Crippen LogP contribution in [-0.4, -0.2) is 36.8 Å². The lowest BCUT2D eigenvalue weighted by atomic mass is 10.1. The molecule has 0 saturated carbocycles. The molecule has 0 saturated heterocycles. The van der Waals surface area contributed by atoms with E-state index in [0.29, 0.717) is 20.7 Å². The van der Waals surface area contributed by atoms with Crippen molar-refractivity contribution in [2.75, 3.05) is 25.6 Å². The van der Waals surface area contributed by atoms with Crippen LogP contribution in [0.25, 0.3) is 6.08 Å². The van der Waals surface area contributed by atoms with Gasteiger partial charge in [0.15, 0.2) is 0 Å². The van der Waals surface area contributed by atoms with Gasteiger partial charge >= 0.3 is 5.97 Å². The summed E-state index contributed by atoms with van der Waals surface area (Å²) in [5.41, 5.74) is 2.68. The highest BCUT2D eigenvalue weighted by Crippen LogP contribution is 2.40. The van der Waals surface area contributed by atoms with Crippen LogP contribution in [0.5, 0.6) is 0 Å². The molecule has 1 aliphatic heterocycles. The van der Waals surface area contributed by atoms with Gasteiger partial charge in [0.1, 0.15) is 16.4 Å². The Bertz CT molecular complexity index is 994. The lowest BCUT2D eigenvalue weighted by Gasteiger charge is -2.11. The van der Waals surface area contributed by atoms with Crippen molar-refractivity contribution in [3.8, 4) is 0 Å². The number of hydrogen-bond acceptors (Lipinski definition) is 6. The summed E-state index contributed by atoms with van der Waals surface area (Å²) in [7, 11) is 3.94. The number of aliphatic imine (C=N–C) groups is 1. The monoisotopic (exact) mass is 428 g/mol. The van der Waals surface area contributed by atoms with E-state index in [2.05, 4.69) is 4.99 Å². The molecule has 0 amide bonds. The summed E-state index contributed by atoms with van der Waals surface area (Å²) in [6.07, 6.45) is 1.82. The second kappa shape index (κ2) is 9.20. The highest BCUT2D eigenvalue weighted by Gasteiger charge is 2.33. The number of aliphatic hydroxyl groups is 1. The van der Waals surface area contributed by atoms with Gasteiger partial charge in [0.25, 0.3) is 0 Å². The van der Waals surface area contributed by atoms with Gasteiger partial charge in [-0.25, -0.2) is 9.79 Å². The number of nitrogens with zero attached hydrogens (tertiary/aromatic N) is 2. The summed E-state index contributed by atoms with van der Waals surface area (Å²) >= 11 is 7.15. The lowest BCUT2D eigenvalue weighted by Crippen LogP contribution is -2.12. The molecular formula is C22H21ClN2O3S. The van der Waals surface area contributed by atoms with E-state index in [-0.39, 0.29) is 17.9 Å². The number of anilines is 1. The van der Waals surface area contributed by atoms with Crippen molar-refractivity contribution in [3.63, 3.8) is 0 Å². The second-order valence-corrected chi connectivity index (χ2v) is 7.90. The molecule has 0 bridgehead atoms. The number of carbonyl (C=O) groups excluding carboxylic acids is 1. The van der Waals surface area contributed by atoms with E-state index in [0.717, 1.165) is 11.3 Å². The predicted octanol–water partition coefficient (Wildman–Crippen LogP) is 5.60. The number of esters is 1. The number of hydrogen-bond donors (Lipinski definition) is 1. The third-order valence-electron chi connectivity index (χ3n) is 4.13. The summed E-state index contributed by atoms with van der Waals surface area (Å²) in [4.78, 5) is 19.5. The number of benzene rings is 2. The number of halogens is 1. The number of aliphatic hydroxyl groups excluding tert-OH is 1. The Balaban J connectivity index is 1.99. The number of ether oxygens (including phenoxy) is 1. The minimum atomic E-state index is -0.600. The first-order valence-electron chi connectivity index (χ1n) is 9.01. The predicted molar refractivity (Wildman–Crippen MR) is 121 cm³/mol. The lowest BCUT2D eigenvalue weighted by molar-refractivity contribution is -0.138. The molecule has 3 rings (SSSR count). The van der Waals surface area contributed by atoms with Crippen molar-refractivity contribution >= 4 is 51.8 Å². The molecule has 1 N–H and O–H groups in total. The van der Waals surface area contributed by atoms with E-state index in [1.807, 2.05) is 49.3 Å². The Morgan fingerprint density at radius 3 is 2.41 bits per heavy atom. The fourth-order valence-corrected chi connectivity index (χ4v) is 3.81. The highest BCUT2D eigenvalue weighted by molar-refractivity contribution is 8.18. The summed E-state index contributed by atoms with van der Waals surface area (Å²) in [5, 5.41) is 11.7. The SMILES string of the molecule is CCOC(=O)C1=C(O)/C(=C\c2ccc(N(C)C)cc2)SC1=Nc1ccc(Cl)cc1. The van der Waals surface area contributed by atoms with E-state index in [1.54, 1.807) is 31.2 Å². The molecule has 2 aromatic rings. The van der Waals surface area contributed by atoms with Crippen molar-refractivity contribution in [1.82, 2.24) is 0 Å². The Morgan fingerprint density at radius 2 is 1.83 bits per heavy atom. The first-order valence-corrected chi connectivity index (χ1v) is 10.2. The Labute approximate surface area is 179 Å². The third kappa shape index (κ3) is 5.02. The number of thioether (sulfide) groups is 1. The van der Waals surface area contributed by atoms with E-state index in [4.69, 9.17) is 16.3 Å². The van der Waals surface area contributed by atoms with Gasteiger partial charge in [-0.05, 0) is 55.0 Å². The van der Waals surface area contributed by atoms with Crippen molar-refractivity contribution in [1.29, 1.82) is 0 Å². The molecule has 1 aliphatic rings. The molecule has 2 aromatic carbocycles. The molecular weight excluding hydrogens is 408 g/mol. The minimum absolute atomic E-state index is 0.0722. The van der Waals surface area contributed by atoms with E-state index < -0.39 is 5.97 Å². The van der Waals surface area contributed by atoms with Gasteiger partial charge in [-0.15, -0.1) is 0 Å². The van der Waals surface area contributed by atoms with Crippen LogP contribution in [0.1, 0.15) is 12.5 Å². The maximum Gasteiger partial charge on any atom is 0.344 e. The quantitative estimate of drug-likeness (QED) is 0.628. The van der Waals surface area contributed by atoms with Gasteiger partial charge < -0.3 is 14.7 Å². The average molecular weight is 429 g/mol. The van der Waals surface area contributed by atoms with Crippen LogP contribution in [0.15, 0.2) is 69.8 Å². The summed E-state index contributed by atoms with van der Waals surface area (Å²) in [5.74, 6) is -0.727. The number of carbonyl (C=O) groups is 1. The van der Waals surface area contributed by atoms with Gasteiger partial charge in [0, 0.05) is 24.8 Å². The van der Waals surface area contributed by atoms with Crippen molar-refractivity contribution in [2.45, 2.75) is 6.92 Å². The molecule has 0 fully saturated rings. The zero-order chi connectivity index (χ0) is 21.0. The Morgan fingerprint density at radius 1 is 1.17 bits per heavy atom. The average Bonchev–Trinajstić information content (AvgIpc) is 2.99. The normalized spacial score (nSPS) is 16.6. The van der Waals surface area contributed by atoms with Crippen LogP contribution in [-0.2, 0) is 9.53 Å². The van der Waals surface area contributed by atoms with Gasteiger partial charge in [0.05, 0.1) is 17.2 Å². The Kier molecular flexibility index (Phi) is 6.67. The first-order chi connectivity index (χ1) is 13.9. The minimum Gasteiger partial charge on any atom is -0.506 e. The molecule has 0 aromatic heterocycles. The van der Waals surface area contributed by atoms with E-state index in [9.17, 15) is 9.90 Å². The molecule has 29 heavy (non-hydrogen) atoms. The van der Waals surface area contributed by atoms with Crippen LogP contribution in [0.4, 0.5) is 11.4 Å². The molecule has 5 nitrogen and oxygen atoms in total. The summed E-state index contributed by atoms with van der Waals surface area (Å²) in [6, 6.07) is 14.8. The second-order valence-electron chi connectivity index (χ2n) is 6.43. The van der Waals surface area contributed by atoms with Gasteiger partial charge in [0.2, 0.25) is 0 Å². The third-order valence-corrected chi connectivity index (χ3v) is 5.41. The fourth-order valence-electron chi connectivity index (χ4n) is 2.64. The molecule has 0 aliphatic carbocycles. The van der Waals surface area contributed by atoms with Crippen LogP contribution in [0.2, 0.25) is 5.02 Å². The molecule has 0 atom stereocenters. The highest BCUT2D eigenvalue weighted by atomic mass is 35.5. The van der Waals surface area contributed by atoms with Crippen LogP contribution >= 0.6 is 23.4 Å². The van der Waals surface area contributed by atoms with Crippen LogP contribution in [0.3, 0.4) is 0 Å². The summed E-state index contributed by atoms with van der Waals surface area (Å²) < 4.78 is 5.12. The van der Waals surface area contributed by atoms with Crippen molar-refractivity contribution in [3.05, 3.63) is 75.4 Å². The largest absolute Gasteiger partial charge is 0.506 e. The fraction of sp³-hybridized carbons (Fsp3) is 0.182. The van der Waals surface area contributed by atoms with Crippen molar-refractivity contribution < 1.29 is 14.6 Å². The topological polar surface area (TPSA) is 62.1 Å². The first kappa shape index (κ1) is 21.0. The Hall–Kier alpha value is -2.70. The van der Waals surface area contributed by atoms with Crippen LogP contribution in [0, 0.1) is 0 Å². The number of rotatable bonds is 5. The molecule has 150 valence electrons. The van der Waals surface area contributed by atoms with E-state index >= 15 is 0 Å². The standard InChI is InChI=1S/C22H21ClN2O3S/c1-4-28-22(27)19-20(26)18(13-14-5-11-17(12-6-14)25(2)3)29-21(19)24-16-9-7-15(23)8-10-16/h5-13,26H,4H2,1-3H3/b18-13+,24-21?. The van der Waals surface area contributed by atoms with Crippen molar-refractivity contribution in [2.24, 2.45) is 4.99 Å². The molecule has 1 heterocycles. The molecule has 0 spiro atoms. The molecule has 7 heteroatoms. The maximum absolute atomic E-state index is 12.4. The van der Waals surface area contributed by atoms with Gasteiger partial charge in [-0.1, -0.05) is 35.5 Å². The van der Waals surface area contributed by atoms with Gasteiger partial charge in [-0.2, -0.15) is 0 Å². The zero-order valence-corrected chi connectivity index (χ0v) is 17.9. The van der Waals surface area contributed by atoms with Crippen LogP contribution < -0.4 is 4.90 Å². The molecule has 0 radical (unpaired) electrons. The zero-order valence-electron chi connectivity index (χ0n) is 16.3.